The highest BCUT2D eigenvalue weighted by molar-refractivity contribution is 7.15. The molecule has 2 aromatic rings. The van der Waals surface area contributed by atoms with Crippen LogP contribution in [0.1, 0.15) is 28.2 Å². The van der Waals surface area contributed by atoms with Crippen molar-refractivity contribution in [2.45, 2.75) is 25.4 Å². The van der Waals surface area contributed by atoms with Gasteiger partial charge in [0.1, 0.15) is 0 Å². The first-order valence-corrected chi connectivity index (χ1v) is 8.08. The van der Waals surface area contributed by atoms with E-state index in [1.807, 2.05) is 19.1 Å². The highest BCUT2D eigenvalue weighted by Crippen LogP contribution is 2.27. The fourth-order valence-electron chi connectivity index (χ4n) is 2.59. The number of hydrogen-bond acceptors (Lipinski definition) is 5. The number of H-pyrrole nitrogens is 1. The lowest BCUT2D eigenvalue weighted by molar-refractivity contribution is -0.162. The third kappa shape index (κ3) is 2.99. The van der Waals surface area contributed by atoms with E-state index in [0.717, 1.165) is 10.6 Å². The molecule has 122 valence electrons. The lowest BCUT2D eigenvalue weighted by Crippen LogP contribution is -2.50. The summed E-state index contributed by atoms with van der Waals surface area (Å²) in [5.74, 6) is -1.49. The van der Waals surface area contributed by atoms with Gasteiger partial charge in [-0.3, -0.25) is 9.89 Å². The number of likely N-dealkylation sites (tertiary alicyclic amines) is 1. The van der Waals surface area contributed by atoms with Gasteiger partial charge in [0.15, 0.2) is 11.3 Å². The van der Waals surface area contributed by atoms with Crippen LogP contribution in [-0.2, 0) is 4.79 Å². The predicted molar refractivity (Wildman–Crippen MR) is 84.4 cm³/mol. The molecule has 0 spiro atoms. The molecule has 23 heavy (non-hydrogen) atoms. The molecule has 1 fully saturated rings. The molecule has 7 nitrogen and oxygen atoms in total. The smallest absolute Gasteiger partial charge is 0.335 e. The van der Waals surface area contributed by atoms with Gasteiger partial charge >= 0.3 is 5.97 Å². The molecule has 0 radical (unpaired) electrons. The number of carboxylic acid groups (broad SMARTS) is 1. The fourth-order valence-corrected chi connectivity index (χ4v) is 3.43. The predicted octanol–water partition coefficient (Wildman–Crippen LogP) is 1.50. The Labute approximate surface area is 136 Å². The number of nitrogens with one attached hydrogen (secondary N) is 1. The van der Waals surface area contributed by atoms with Gasteiger partial charge in [0.25, 0.3) is 5.91 Å². The Bertz CT molecular complexity index is 743. The van der Waals surface area contributed by atoms with Gasteiger partial charge in [0.05, 0.1) is 10.6 Å². The Morgan fingerprint density at radius 3 is 2.61 bits per heavy atom. The maximum absolute atomic E-state index is 12.4. The molecular weight excluding hydrogens is 318 g/mol. The summed E-state index contributed by atoms with van der Waals surface area (Å²) in [5.41, 5.74) is -0.653. The van der Waals surface area contributed by atoms with Crippen molar-refractivity contribution in [2.75, 3.05) is 13.1 Å². The Morgan fingerprint density at radius 1 is 1.35 bits per heavy atom. The molecule has 0 unspecified atom stereocenters. The summed E-state index contributed by atoms with van der Waals surface area (Å²) in [5, 5.41) is 25.8. The second-order valence-corrected chi connectivity index (χ2v) is 6.99. The van der Waals surface area contributed by atoms with Crippen molar-refractivity contribution in [2.24, 2.45) is 0 Å². The van der Waals surface area contributed by atoms with E-state index >= 15 is 0 Å². The number of amides is 1. The highest BCUT2D eigenvalue weighted by atomic mass is 32.1. The summed E-state index contributed by atoms with van der Waals surface area (Å²) in [6, 6.07) is 5.67. The molecule has 0 aliphatic carbocycles. The fraction of sp³-hybridized carbons (Fsp3) is 0.400. The first-order valence-electron chi connectivity index (χ1n) is 7.26. The number of rotatable bonds is 3. The molecule has 3 N–H and O–H groups in total. The quantitative estimate of drug-likeness (QED) is 0.788. The number of aromatic nitrogens is 2. The summed E-state index contributed by atoms with van der Waals surface area (Å²) in [6.45, 7) is 2.40. The summed E-state index contributed by atoms with van der Waals surface area (Å²) < 4.78 is 0. The zero-order valence-corrected chi connectivity index (χ0v) is 13.4. The van der Waals surface area contributed by atoms with E-state index in [9.17, 15) is 14.7 Å². The number of carbonyl (C=O) groups is 2. The average molecular weight is 335 g/mol. The third-order valence-corrected chi connectivity index (χ3v) is 5.11. The van der Waals surface area contributed by atoms with Crippen molar-refractivity contribution >= 4 is 23.2 Å². The van der Waals surface area contributed by atoms with E-state index < -0.39 is 11.6 Å². The van der Waals surface area contributed by atoms with Crippen molar-refractivity contribution in [1.29, 1.82) is 0 Å². The van der Waals surface area contributed by atoms with Crippen LogP contribution in [0.5, 0.6) is 0 Å². The summed E-state index contributed by atoms with van der Waals surface area (Å²) in [7, 11) is 0. The summed E-state index contributed by atoms with van der Waals surface area (Å²) >= 11 is 1.61. The van der Waals surface area contributed by atoms with E-state index in [-0.39, 0.29) is 31.8 Å². The van der Waals surface area contributed by atoms with E-state index in [0.29, 0.717) is 5.69 Å². The molecule has 8 heteroatoms. The number of nitrogens with zero attached hydrogens (tertiary/aromatic N) is 2. The Kier molecular flexibility index (Phi) is 3.95. The van der Waals surface area contributed by atoms with Gasteiger partial charge < -0.3 is 15.1 Å². The van der Waals surface area contributed by atoms with E-state index in [1.165, 1.54) is 9.78 Å². The van der Waals surface area contributed by atoms with Crippen LogP contribution < -0.4 is 0 Å². The SMILES string of the molecule is Cc1ccc(-c2cc(C(=O)N3CCC(O)(C(=O)O)CC3)n[nH]2)s1. The average Bonchev–Trinajstić information content (AvgIpc) is 3.16. The highest BCUT2D eigenvalue weighted by Gasteiger charge is 2.40. The maximum Gasteiger partial charge on any atom is 0.335 e. The Hall–Kier alpha value is -2.19. The third-order valence-electron chi connectivity index (χ3n) is 4.08. The van der Waals surface area contributed by atoms with Crippen molar-refractivity contribution in [1.82, 2.24) is 15.1 Å². The molecule has 1 aliphatic heterocycles. The van der Waals surface area contributed by atoms with Crippen molar-refractivity contribution in [3.05, 3.63) is 28.8 Å². The molecule has 2 aromatic heterocycles. The number of hydrogen-bond donors (Lipinski definition) is 3. The molecule has 3 heterocycles. The van der Waals surface area contributed by atoms with Crippen LogP contribution in [-0.4, -0.2) is 55.9 Å². The lowest BCUT2D eigenvalue weighted by atomic mass is 9.91. The molecular formula is C15H17N3O4S. The number of piperidine rings is 1. The van der Waals surface area contributed by atoms with Crippen LogP contribution in [0.25, 0.3) is 10.6 Å². The van der Waals surface area contributed by atoms with Crippen LogP contribution in [0.3, 0.4) is 0 Å². The number of carboxylic acids is 1. The van der Waals surface area contributed by atoms with Crippen LogP contribution in [0.15, 0.2) is 18.2 Å². The van der Waals surface area contributed by atoms with E-state index in [4.69, 9.17) is 5.11 Å². The number of carbonyl (C=O) groups excluding carboxylic acids is 1. The van der Waals surface area contributed by atoms with Crippen molar-refractivity contribution in [3.63, 3.8) is 0 Å². The van der Waals surface area contributed by atoms with E-state index in [2.05, 4.69) is 10.2 Å². The van der Waals surface area contributed by atoms with Crippen molar-refractivity contribution in [3.8, 4) is 10.6 Å². The van der Waals surface area contributed by atoms with Crippen LogP contribution >= 0.6 is 11.3 Å². The van der Waals surface area contributed by atoms with Crippen LogP contribution in [0, 0.1) is 6.92 Å². The van der Waals surface area contributed by atoms with Crippen LogP contribution in [0.4, 0.5) is 0 Å². The summed E-state index contributed by atoms with van der Waals surface area (Å²) in [6.07, 6.45) is 0.0466. The zero-order chi connectivity index (χ0) is 16.6. The Morgan fingerprint density at radius 2 is 2.04 bits per heavy atom. The minimum Gasteiger partial charge on any atom is -0.479 e. The minimum atomic E-state index is -1.73. The van der Waals surface area contributed by atoms with E-state index in [1.54, 1.807) is 17.4 Å². The standard InChI is InChI=1S/C15H17N3O4S/c1-9-2-3-12(23-9)10-8-11(17-16-10)13(19)18-6-4-15(22,5-7-18)14(20)21/h2-3,8,22H,4-7H2,1H3,(H,16,17)(H,20,21). The number of aromatic amines is 1. The van der Waals surface area contributed by atoms with Gasteiger partial charge in [-0.05, 0) is 25.1 Å². The first-order chi connectivity index (χ1) is 10.9. The minimum absolute atomic E-state index is 0.0233. The molecule has 0 bridgehead atoms. The number of aliphatic hydroxyl groups is 1. The number of aryl methyl sites for hydroxylation is 1. The molecule has 0 aromatic carbocycles. The first kappa shape index (κ1) is 15.7. The van der Waals surface area contributed by atoms with Gasteiger partial charge in [-0.15, -0.1) is 11.3 Å². The normalized spacial score (nSPS) is 17.2. The van der Waals surface area contributed by atoms with Gasteiger partial charge in [-0.2, -0.15) is 5.10 Å². The number of thiophene rings is 1. The van der Waals surface area contributed by atoms with Gasteiger partial charge in [0.2, 0.25) is 0 Å². The van der Waals surface area contributed by atoms with Crippen molar-refractivity contribution < 1.29 is 19.8 Å². The number of aliphatic carboxylic acids is 1. The molecule has 0 atom stereocenters. The van der Waals surface area contributed by atoms with Gasteiger partial charge in [-0.1, -0.05) is 0 Å². The second kappa shape index (κ2) is 5.78. The zero-order valence-electron chi connectivity index (χ0n) is 12.6. The van der Waals surface area contributed by atoms with Crippen LogP contribution in [0.2, 0.25) is 0 Å². The lowest BCUT2D eigenvalue weighted by Gasteiger charge is -2.34. The maximum atomic E-state index is 12.4. The van der Waals surface area contributed by atoms with Gasteiger partial charge in [0, 0.05) is 30.8 Å². The largest absolute Gasteiger partial charge is 0.479 e. The van der Waals surface area contributed by atoms with Gasteiger partial charge in [-0.25, -0.2) is 4.79 Å². The molecule has 3 rings (SSSR count). The topological polar surface area (TPSA) is 107 Å². The summed E-state index contributed by atoms with van der Waals surface area (Å²) in [4.78, 5) is 27.2. The molecule has 1 amide bonds. The molecule has 1 saturated heterocycles. The monoisotopic (exact) mass is 335 g/mol. The Balaban J connectivity index is 1.70. The second-order valence-electron chi connectivity index (χ2n) is 5.71. The molecule has 1 aliphatic rings. The molecule has 0 saturated carbocycles.